The van der Waals surface area contributed by atoms with Gasteiger partial charge in [-0.3, -0.25) is 0 Å². The van der Waals surface area contributed by atoms with Crippen molar-refractivity contribution < 1.29 is 0 Å². The monoisotopic (exact) mass is 290 g/mol. The first-order valence-electron chi connectivity index (χ1n) is 6.79. The molecule has 0 atom stereocenters. The molecule has 2 aromatic rings. The van der Waals surface area contributed by atoms with Gasteiger partial charge in [0, 0.05) is 18.7 Å². The normalized spacial score (nSPS) is 16.9. The van der Waals surface area contributed by atoms with E-state index in [1.165, 1.54) is 42.9 Å². The number of rotatable bonds is 2. The molecule has 0 aliphatic carbocycles. The summed E-state index contributed by atoms with van der Waals surface area (Å²) in [5.74, 6) is 0. The molecule has 0 saturated carbocycles. The highest BCUT2D eigenvalue weighted by atomic mass is 32.9. The van der Waals surface area contributed by atoms with E-state index in [0.717, 1.165) is 10.4 Å². The van der Waals surface area contributed by atoms with Crippen LogP contribution in [0.1, 0.15) is 24.8 Å². The van der Waals surface area contributed by atoms with E-state index >= 15 is 0 Å². The Bertz CT molecular complexity index is 592. The summed E-state index contributed by atoms with van der Waals surface area (Å²) in [6.07, 6.45) is 4.03. The lowest BCUT2D eigenvalue weighted by Crippen LogP contribution is -2.29. The van der Waals surface area contributed by atoms with Crippen LogP contribution in [0.15, 0.2) is 35.3 Å². The Morgan fingerprint density at radius 3 is 2.47 bits per heavy atom. The van der Waals surface area contributed by atoms with Gasteiger partial charge >= 0.3 is 0 Å². The molecule has 1 aliphatic rings. The molecule has 1 aliphatic heterocycles. The second-order valence-corrected chi connectivity index (χ2v) is 7.00. The number of benzene rings is 1. The Morgan fingerprint density at radius 2 is 1.74 bits per heavy atom. The Labute approximate surface area is 121 Å². The SMILES string of the molecule is Cc1c(N2CCCCC2)ssc1=Nc1ccccc1. The molecule has 0 radical (unpaired) electrons. The lowest BCUT2D eigenvalue weighted by atomic mass is 10.1. The molecule has 2 nitrogen and oxygen atoms in total. The van der Waals surface area contributed by atoms with Crippen molar-refractivity contribution in [1.82, 2.24) is 0 Å². The third kappa shape index (κ3) is 2.90. The van der Waals surface area contributed by atoms with Crippen molar-refractivity contribution in [2.75, 3.05) is 18.0 Å². The molecule has 0 amide bonds. The summed E-state index contributed by atoms with van der Waals surface area (Å²) in [4.78, 5) is 7.29. The minimum Gasteiger partial charge on any atom is -0.363 e. The minimum absolute atomic E-state index is 1.05. The summed E-state index contributed by atoms with van der Waals surface area (Å²) in [5.41, 5.74) is 2.39. The molecule has 0 unspecified atom stereocenters. The van der Waals surface area contributed by atoms with Crippen LogP contribution in [0.2, 0.25) is 0 Å². The number of hydrogen-bond acceptors (Lipinski definition) is 4. The smallest absolute Gasteiger partial charge is 0.132 e. The number of piperidine rings is 1. The van der Waals surface area contributed by atoms with Crippen LogP contribution >= 0.6 is 20.7 Å². The summed E-state index contributed by atoms with van der Waals surface area (Å²) in [6.45, 7) is 4.62. The van der Waals surface area contributed by atoms with Gasteiger partial charge in [0.15, 0.2) is 0 Å². The summed E-state index contributed by atoms with van der Waals surface area (Å²) >= 11 is 0. The molecule has 1 aromatic heterocycles. The quantitative estimate of drug-likeness (QED) is 0.751. The second kappa shape index (κ2) is 5.88. The molecule has 3 rings (SSSR count). The molecule has 0 spiro atoms. The summed E-state index contributed by atoms with van der Waals surface area (Å²) in [5, 5.41) is 1.43. The van der Waals surface area contributed by atoms with E-state index in [4.69, 9.17) is 4.99 Å². The van der Waals surface area contributed by atoms with E-state index in [-0.39, 0.29) is 0 Å². The zero-order valence-corrected chi connectivity index (χ0v) is 12.8. The largest absolute Gasteiger partial charge is 0.363 e. The maximum atomic E-state index is 4.76. The molecule has 100 valence electrons. The topological polar surface area (TPSA) is 15.6 Å². The van der Waals surface area contributed by atoms with Crippen molar-refractivity contribution in [3.63, 3.8) is 0 Å². The highest BCUT2D eigenvalue weighted by Gasteiger charge is 2.15. The fraction of sp³-hybridized carbons (Fsp3) is 0.400. The highest BCUT2D eigenvalue weighted by molar-refractivity contribution is 7.70. The first-order chi connectivity index (χ1) is 9.34. The number of nitrogens with zero attached hydrogens (tertiary/aromatic N) is 2. The fourth-order valence-electron chi connectivity index (χ4n) is 2.40. The third-order valence-electron chi connectivity index (χ3n) is 3.47. The van der Waals surface area contributed by atoms with Gasteiger partial charge in [0.2, 0.25) is 0 Å². The van der Waals surface area contributed by atoms with Crippen molar-refractivity contribution in [3.05, 3.63) is 40.6 Å². The standard InChI is InChI=1S/C15H18N2S2/c1-12-14(16-13-8-4-2-5-9-13)18-19-15(12)17-10-6-3-7-11-17/h2,4-5,8-9H,3,6-7,10-11H2,1H3. The van der Waals surface area contributed by atoms with Gasteiger partial charge in [-0.25, -0.2) is 4.99 Å². The van der Waals surface area contributed by atoms with Gasteiger partial charge in [-0.1, -0.05) is 38.9 Å². The van der Waals surface area contributed by atoms with Crippen LogP contribution in [0.3, 0.4) is 0 Å². The maximum absolute atomic E-state index is 4.76. The van der Waals surface area contributed by atoms with Gasteiger partial charge in [-0.2, -0.15) is 0 Å². The molecule has 4 heteroatoms. The van der Waals surface area contributed by atoms with Crippen molar-refractivity contribution >= 4 is 31.4 Å². The zero-order chi connectivity index (χ0) is 13.1. The highest BCUT2D eigenvalue weighted by Crippen LogP contribution is 2.29. The first-order valence-corrected chi connectivity index (χ1v) is 8.94. The van der Waals surface area contributed by atoms with Gasteiger partial charge in [0.1, 0.15) is 9.67 Å². The molecular formula is C15H18N2S2. The Balaban J connectivity index is 1.92. The second-order valence-electron chi connectivity index (χ2n) is 4.90. The van der Waals surface area contributed by atoms with Crippen LogP contribution in [0.4, 0.5) is 10.7 Å². The van der Waals surface area contributed by atoms with Gasteiger partial charge in [0.05, 0.1) is 5.69 Å². The average molecular weight is 290 g/mol. The number of anilines is 1. The predicted molar refractivity (Wildman–Crippen MR) is 84.7 cm³/mol. The molecule has 1 saturated heterocycles. The van der Waals surface area contributed by atoms with Crippen molar-refractivity contribution in [2.45, 2.75) is 26.2 Å². The van der Waals surface area contributed by atoms with Gasteiger partial charge in [-0.15, -0.1) is 0 Å². The van der Waals surface area contributed by atoms with E-state index in [0.29, 0.717) is 0 Å². The summed E-state index contributed by atoms with van der Waals surface area (Å²) in [7, 11) is 3.67. The van der Waals surface area contributed by atoms with E-state index in [2.05, 4.69) is 24.0 Å². The summed E-state index contributed by atoms with van der Waals surface area (Å²) in [6, 6.07) is 10.2. The third-order valence-corrected chi connectivity index (χ3v) is 6.03. The van der Waals surface area contributed by atoms with Crippen LogP contribution in [0, 0.1) is 6.92 Å². The van der Waals surface area contributed by atoms with Crippen molar-refractivity contribution in [2.24, 2.45) is 4.99 Å². The van der Waals surface area contributed by atoms with Gasteiger partial charge in [-0.05, 0) is 38.3 Å². The Hall–Kier alpha value is -1.13. The van der Waals surface area contributed by atoms with E-state index in [1.54, 1.807) is 10.3 Å². The van der Waals surface area contributed by atoms with Crippen LogP contribution in [0.5, 0.6) is 0 Å². The van der Waals surface area contributed by atoms with Crippen LogP contribution in [0.25, 0.3) is 0 Å². The van der Waals surface area contributed by atoms with E-state index in [1.807, 2.05) is 28.5 Å². The molecule has 19 heavy (non-hydrogen) atoms. The van der Waals surface area contributed by atoms with Crippen LogP contribution < -0.4 is 9.57 Å². The fourth-order valence-corrected chi connectivity index (χ4v) is 5.15. The maximum Gasteiger partial charge on any atom is 0.132 e. The zero-order valence-electron chi connectivity index (χ0n) is 11.1. The molecular weight excluding hydrogens is 272 g/mol. The van der Waals surface area contributed by atoms with Crippen LogP contribution in [-0.4, -0.2) is 13.1 Å². The molecule has 2 heterocycles. The van der Waals surface area contributed by atoms with Crippen molar-refractivity contribution in [1.29, 1.82) is 0 Å². The molecule has 0 bridgehead atoms. The number of para-hydroxylation sites is 1. The van der Waals surface area contributed by atoms with Crippen molar-refractivity contribution in [3.8, 4) is 0 Å². The molecule has 1 aromatic carbocycles. The van der Waals surface area contributed by atoms with Crippen LogP contribution in [-0.2, 0) is 0 Å². The number of hydrogen-bond donors (Lipinski definition) is 0. The minimum atomic E-state index is 1.05. The lowest BCUT2D eigenvalue weighted by Gasteiger charge is -2.27. The van der Waals surface area contributed by atoms with Gasteiger partial charge < -0.3 is 4.90 Å². The summed E-state index contributed by atoms with van der Waals surface area (Å²) < 4.78 is 1.16. The lowest BCUT2D eigenvalue weighted by molar-refractivity contribution is 0.580. The van der Waals surface area contributed by atoms with Gasteiger partial charge in [0.25, 0.3) is 0 Å². The molecule has 0 N–H and O–H groups in total. The predicted octanol–water partition coefficient (Wildman–Crippen LogP) is 4.34. The average Bonchev–Trinajstić information content (AvgIpc) is 2.82. The van der Waals surface area contributed by atoms with E-state index < -0.39 is 0 Å². The molecule has 1 fully saturated rings. The Morgan fingerprint density at radius 1 is 1.00 bits per heavy atom. The first kappa shape index (κ1) is 12.9. The van der Waals surface area contributed by atoms with E-state index in [9.17, 15) is 0 Å². The Kier molecular flexibility index (Phi) is 3.99.